The van der Waals surface area contributed by atoms with E-state index in [1.807, 2.05) is 6.92 Å². The first kappa shape index (κ1) is 14.3. The van der Waals surface area contributed by atoms with E-state index in [-0.39, 0.29) is 0 Å². The Morgan fingerprint density at radius 2 is 2.15 bits per heavy atom. The Balaban J connectivity index is 2.12. The number of H-pyrrole nitrogens is 1. The number of aromatic amines is 1. The third kappa shape index (κ3) is 2.89. The molecule has 0 spiro atoms. The summed E-state index contributed by atoms with van der Waals surface area (Å²) in [6.07, 6.45) is 7.50. The summed E-state index contributed by atoms with van der Waals surface area (Å²) in [6, 6.07) is -0.398. The number of aryl methyl sites for hydroxylation is 1. The molecule has 0 unspecified atom stereocenters. The van der Waals surface area contributed by atoms with E-state index in [1.54, 1.807) is 6.20 Å². The maximum atomic E-state index is 12.1. The summed E-state index contributed by atoms with van der Waals surface area (Å²) in [4.78, 5) is 30.7. The van der Waals surface area contributed by atoms with E-state index in [2.05, 4.69) is 22.2 Å². The lowest BCUT2D eigenvalue weighted by atomic mass is 10.2. The number of nitrogens with zero attached hydrogens (tertiary/aromatic N) is 2. The lowest BCUT2D eigenvalue weighted by Crippen LogP contribution is -2.35. The number of pyridine rings is 1. The van der Waals surface area contributed by atoms with Gasteiger partial charge in [-0.05, 0) is 18.9 Å². The fraction of sp³-hybridized carbons (Fsp3) is 0.500. The van der Waals surface area contributed by atoms with E-state index < -0.39 is 11.7 Å². The molecule has 1 amide bonds. The number of fused-ring (bicyclic) bond motifs is 1. The van der Waals surface area contributed by atoms with Crippen molar-refractivity contribution in [3.63, 3.8) is 0 Å². The highest BCUT2D eigenvalue weighted by Crippen LogP contribution is 2.12. The number of unbranched alkanes of at least 4 members (excludes halogenated alkanes) is 3. The molecule has 0 aliphatic carbocycles. The van der Waals surface area contributed by atoms with Crippen LogP contribution in [0.5, 0.6) is 0 Å². The average molecular weight is 276 g/mol. The molecule has 6 nitrogen and oxygen atoms in total. The summed E-state index contributed by atoms with van der Waals surface area (Å²) in [7, 11) is 0. The van der Waals surface area contributed by atoms with Gasteiger partial charge in [0, 0.05) is 12.7 Å². The van der Waals surface area contributed by atoms with Crippen molar-refractivity contribution in [3.8, 4) is 0 Å². The second-order valence-electron chi connectivity index (χ2n) is 4.91. The van der Waals surface area contributed by atoms with Gasteiger partial charge < -0.3 is 10.3 Å². The fourth-order valence-electron chi connectivity index (χ4n) is 2.18. The van der Waals surface area contributed by atoms with Gasteiger partial charge in [0.2, 0.25) is 0 Å². The third-order valence-corrected chi connectivity index (χ3v) is 3.30. The monoisotopic (exact) mass is 276 g/mol. The quantitative estimate of drug-likeness (QED) is 0.821. The molecule has 2 aromatic rings. The molecule has 2 N–H and O–H groups in total. The van der Waals surface area contributed by atoms with Gasteiger partial charge in [-0.2, -0.15) is 0 Å². The van der Waals surface area contributed by atoms with Crippen molar-refractivity contribution >= 4 is 17.1 Å². The van der Waals surface area contributed by atoms with Crippen LogP contribution in [-0.4, -0.2) is 27.1 Å². The highest BCUT2D eigenvalue weighted by molar-refractivity contribution is 5.89. The van der Waals surface area contributed by atoms with Crippen LogP contribution in [-0.2, 0) is 0 Å². The zero-order valence-corrected chi connectivity index (χ0v) is 11.9. The number of hydrogen-bond donors (Lipinski definition) is 2. The van der Waals surface area contributed by atoms with Gasteiger partial charge in [0.25, 0.3) is 0 Å². The van der Waals surface area contributed by atoms with Gasteiger partial charge in [-0.1, -0.05) is 26.2 Å². The number of hydrogen-bond acceptors (Lipinski definition) is 3. The van der Waals surface area contributed by atoms with Crippen LogP contribution in [0.15, 0.2) is 17.2 Å². The van der Waals surface area contributed by atoms with Crippen LogP contribution in [0.3, 0.4) is 0 Å². The molecular formula is C14H20N4O2. The number of rotatable bonds is 5. The van der Waals surface area contributed by atoms with Crippen LogP contribution in [0.25, 0.3) is 11.0 Å². The van der Waals surface area contributed by atoms with Crippen LogP contribution >= 0.6 is 0 Å². The molecular weight excluding hydrogens is 256 g/mol. The summed E-state index contributed by atoms with van der Waals surface area (Å²) < 4.78 is 1.11. The van der Waals surface area contributed by atoms with Crippen LogP contribution in [0.2, 0.25) is 0 Å². The Morgan fingerprint density at radius 1 is 1.35 bits per heavy atom. The molecule has 0 aromatic carbocycles. The van der Waals surface area contributed by atoms with E-state index in [0.717, 1.165) is 35.8 Å². The third-order valence-electron chi connectivity index (χ3n) is 3.30. The maximum Gasteiger partial charge on any atom is 0.334 e. The van der Waals surface area contributed by atoms with Crippen LogP contribution in [0.4, 0.5) is 4.79 Å². The Hall–Kier alpha value is -2.11. The first-order valence-corrected chi connectivity index (χ1v) is 6.98. The summed E-state index contributed by atoms with van der Waals surface area (Å²) in [6.45, 7) is 4.56. The van der Waals surface area contributed by atoms with Crippen molar-refractivity contribution in [2.24, 2.45) is 0 Å². The standard InChI is InChI=1S/C14H20N4O2/c1-3-4-5-6-7-16-13(19)18-11-9-15-8-10(2)12(11)17-14(18)20/h8-9H,3-7H2,1-2H3,(H,16,19)(H,17,20). The number of aromatic nitrogens is 3. The summed E-state index contributed by atoms with van der Waals surface area (Å²) in [5.41, 5.74) is 1.59. The number of imidazole rings is 1. The zero-order valence-electron chi connectivity index (χ0n) is 11.9. The molecule has 0 aliphatic heterocycles. The molecule has 108 valence electrons. The van der Waals surface area contributed by atoms with E-state index in [9.17, 15) is 9.59 Å². The van der Waals surface area contributed by atoms with Crippen molar-refractivity contribution in [1.82, 2.24) is 19.9 Å². The topological polar surface area (TPSA) is 79.8 Å². The van der Waals surface area contributed by atoms with Crippen molar-refractivity contribution in [3.05, 3.63) is 28.4 Å². The number of nitrogens with one attached hydrogen (secondary N) is 2. The predicted octanol–water partition coefficient (Wildman–Crippen LogP) is 2.17. The van der Waals surface area contributed by atoms with Crippen molar-refractivity contribution in [1.29, 1.82) is 0 Å². The fourth-order valence-corrected chi connectivity index (χ4v) is 2.18. The molecule has 0 aliphatic rings. The van der Waals surface area contributed by atoms with Crippen LogP contribution in [0, 0.1) is 6.92 Å². The van der Waals surface area contributed by atoms with Gasteiger partial charge in [-0.3, -0.25) is 4.98 Å². The molecule has 2 aromatic heterocycles. The first-order chi connectivity index (χ1) is 9.65. The average Bonchev–Trinajstić information content (AvgIpc) is 2.76. The van der Waals surface area contributed by atoms with Crippen LogP contribution < -0.4 is 11.0 Å². The Labute approximate surface area is 117 Å². The van der Waals surface area contributed by atoms with Gasteiger partial charge in [-0.15, -0.1) is 0 Å². The molecule has 0 radical (unpaired) electrons. The lowest BCUT2D eigenvalue weighted by molar-refractivity contribution is 0.242. The number of carbonyl (C=O) groups is 1. The largest absolute Gasteiger partial charge is 0.337 e. The normalized spacial score (nSPS) is 10.9. The van der Waals surface area contributed by atoms with E-state index >= 15 is 0 Å². The van der Waals surface area contributed by atoms with Gasteiger partial charge in [0.05, 0.1) is 17.2 Å². The van der Waals surface area contributed by atoms with Gasteiger partial charge >= 0.3 is 11.7 Å². The smallest absolute Gasteiger partial charge is 0.334 e. The Bertz CT molecular complexity index is 657. The van der Waals surface area contributed by atoms with E-state index in [0.29, 0.717) is 17.6 Å². The highest BCUT2D eigenvalue weighted by atomic mass is 16.2. The SMILES string of the molecule is CCCCCCNC(=O)n1c(=O)[nH]c2c(C)cncc21. The van der Waals surface area contributed by atoms with E-state index in [1.165, 1.54) is 6.20 Å². The van der Waals surface area contributed by atoms with Gasteiger partial charge in [-0.25, -0.2) is 14.2 Å². The second kappa shape index (κ2) is 6.36. The molecule has 6 heteroatoms. The van der Waals surface area contributed by atoms with Gasteiger partial charge in [0.15, 0.2) is 0 Å². The van der Waals surface area contributed by atoms with Crippen molar-refractivity contribution in [2.75, 3.05) is 6.54 Å². The first-order valence-electron chi connectivity index (χ1n) is 6.98. The molecule has 2 rings (SSSR count). The van der Waals surface area contributed by atoms with Crippen molar-refractivity contribution < 1.29 is 4.79 Å². The molecule has 0 atom stereocenters. The predicted molar refractivity (Wildman–Crippen MR) is 78.0 cm³/mol. The molecule has 0 fully saturated rings. The zero-order chi connectivity index (χ0) is 14.5. The molecule has 0 saturated carbocycles. The minimum Gasteiger partial charge on any atom is -0.337 e. The molecule has 2 heterocycles. The molecule has 0 saturated heterocycles. The summed E-state index contributed by atoms with van der Waals surface area (Å²) in [5, 5.41) is 2.77. The molecule has 0 bridgehead atoms. The van der Waals surface area contributed by atoms with Crippen molar-refractivity contribution in [2.45, 2.75) is 39.5 Å². The summed E-state index contributed by atoms with van der Waals surface area (Å²) in [5.74, 6) is 0. The van der Waals surface area contributed by atoms with E-state index in [4.69, 9.17) is 0 Å². The lowest BCUT2D eigenvalue weighted by Gasteiger charge is -2.05. The highest BCUT2D eigenvalue weighted by Gasteiger charge is 2.14. The Kier molecular flexibility index (Phi) is 4.55. The summed E-state index contributed by atoms with van der Waals surface area (Å²) >= 11 is 0. The minimum absolute atomic E-state index is 0.398. The second-order valence-corrected chi connectivity index (χ2v) is 4.91. The Morgan fingerprint density at radius 3 is 2.90 bits per heavy atom. The van der Waals surface area contributed by atoms with Crippen LogP contribution in [0.1, 0.15) is 38.2 Å². The maximum absolute atomic E-state index is 12.1. The van der Waals surface area contributed by atoms with Gasteiger partial charge in [0.1, 0.15) is 0 Å². The minimum atomic E-state index is -0.429. The number of carbonyl (C=O) groups excluding carboxylic acids is 1. The molecule has 20 heavy (non-hydrogen) atoms. The number of amides is 1.